The zero-order valence-corrected chi connectivity index (χ0v) is 18.1. The van der Waals surface area contributed by atoms with Crippen LogP contribution < -0.4 is 20.1 Å². The van der Waals surface area contributed by atoms with Gasteiger partial charge in [0.2, 0.25) is 11.8 Å². The number of benzene rings is 2. The number of rotatable bonds is 5. The van der Waals surface area contributed by atoms with E-state index in [2.05, 4.69) is 15.5 Å². The first-order valence-electron chi connectivity index (χ1n) is 11.5. The zero-order valence-electron chi connectivity index (χ0n) is 18.1. The van der Waals surface area contributed by atoms with Crippen molar-refractivity contribution in [3.63, 3.8) is 0 Å². The molecule has 5 rings (SSSR count). The molecule has 1 spiro atoms. The number of nitrogens with zero attached hydrogens (tertiary/aromatic N) is 1. The monoisotopic (exact) mass is 435 g/mol. The van der Waals surface area contributed by atoms with Crippen LogP contribution in [0.2, 0.25) is 0 Å². The molecule has 1 aliphatic carbocycles. The Morgan fingerprint density at radius 1 is 0.938 bits per heavy atom. The molecule has 7 nitrogen and oxygen atoms in total. The summed E-state index contributed by atoms with van der Waals surface area (Å²) in [6.45, 7) is 1.65. The fourth-order valence-corrected chi connectivity index (χ4v) is 4.87. The van der Waals surface area contributed by atoms with Crippen LogP contribution in [-0.4, -0.2) is 42.1 Å². The fourth-order valence-electron chi connectivity index (χ4n) is 4.87. The van der Waals surface area contributed by atoms with Gasteiger partial charge in [-0.05, 0) is 56.5 Å². The Hall–Kier alpha value is -3.06. The lowest BCUT2D eigenvalue weighted by Gasteiger charge is -2.31. The van der Waals surface area contributed by atoms with Crippen molar-refractivity contribution in [3.05, 3.63) is 48.5 Å². The first kappa shape index (κ1) is 20.8. The third kappa shape index (κ3) is 4.58. The third-order valence-corrected chi connectivity index (χ3v) is 6.47. The molecule has 0 radical (unpaired) electrons. The summed E-state index contributed by atoms with van der Waals surface area (Å²) in [7, 11) is 0. The van der Waals surface area contributed by atoms with Crippen LogP contribution >= 0.6 is 0 Å². The van der Waals surface area contributed by atoms with Crippen LogP contribution in [0.15, 0.2) is 48.5 Å². The molecule has 0 aromatic heterocycles. The third-order valence-electron chi connectivity index (χ3n) is 6.47. The zero-order chi connectivity index (χ0) is 22.0. The molecule has 1 unspecified atom stereocenters. The molecule has 32 heavy (non-hydrogen) atoms. The van der Waals surface area contributed by atoms with Crippen molar-refractivity contribution >= 4 is 23.2 Å². The van der Waals surface area contributed by atoms with E-state index >= 15 is 0 Å². The smallest absolute Gasteiger partial charge is 0.251 e. The van der Waals surface area contributed by atoms with E-state index in [1.807, 2.05) is 48.5 Å². The molecule has 2 amide bonds. The Morgan fingerprint density at radius 2 is 1.72 bits per heavy atom. The molecule has 2 aromatic carbocycles. The number of carbonyl (C=O) groups excluding carboxylic acids is 2. The SMILES string of the molecule is O=C(CN1CCCC(C(=O)Nc2ccccc2)C1)Nc1ccc2c(c1)OC1(CCCC1)O2. The number of para-hydroxylation sites is 1. The number of nitrogens with one attached hydrogen (secondary N) is 2. The van der Waals surface area contributed by atoms with Crippen LogP contribution in [0.25, 0.3) is 0 Å². The van der Waals surface area contributed by atoms with Gasteiger partial charge in [0.1, 0.15) is 0 Å². The molecular formula is C25H29N3O4. The molecule has 7 heteroatoms. The second-order valence-electron chi connectivity index (χ2n) is 8.96. The van der Waals surface area contributed by atoms with Gasteiger partial charge >= 0.3 is 0 Å². The van der Waals surface area contributed by atoms with E-state index in [-0.39, 0.29) is 24.3 Å². The molecule has 2 N–H and O–H groups in total. The summed E-state index contributed by atoms with van der Waals surface area (Å²) >= 11 is 0. The number of fused-ring (bicyclic) bond motifs is 1. The predicted molar refractivity (Wildman–Crippen MR) is 122 cm³/mol. The van der Waals surface area contributed by atoms with E-state index in [0.717, 1.165) is 56.5 Å². The quantitative estimate of drug-likeness (QED) is 0.742. The van der Waals surface area contributed by atoms with E-state index in [1.54, 1.807) is 0 Å². The van der Waals surface area contributed by atoms with E-state index in [9.17, 15) is 9.59 Å². The average molecular weight is 436 g/mol. The molecule has 2 fully saturated rings. The van der Waals surface area contributed by atoms with Gasteiger partial charge in [-0.1, -0.05) is 18.2 Å². The summed E-state index contributed by atoms with van der Waals surface area (Å²) in [5.74, 6) is 0.730. The topological polar surface area (TPSA) is 79.9 Å². The van der Waals surface area contributed by atoms with Crippen LogP contribution in [0.3, 0.4) is 0 Å². The van der Waals surface area contributed by atoms with Gasteiger partial charge < -0.3 is 20.1 Å². The van der Waals surface area contributed by atoms with Gasteiger partial charge in [-0.25, -0.2) is 0 Å². The van der Waals surface area contributed by atoms with Crippen molar-refractivity contribution in [2.45, 2.75) is 44.3 Å². The van der Waals surface area contributed by atoms with Crippen molar-refractivity contribution in [1.29, 1.82) is 0 Å². The van der Waals surface area contributed by atoms with E-state index in [4.69, 9.17) is 9.47 Å². The summed E-state index contributed by atoms with van der Waals surface area (Å²) in [5, 5.41) is 5.94. The molecule has 2 heterocycles. The number of hydrogen-bond acceptors (Lipinski definition) is 5. The van der Waals surface area contributed by atoms with Crippen LogP contribution in [-0.2, 0) is 9.59 Å². The Morgan fingerprint density at radius 3 is 2.53 bits per heavy atom. The Balaban J connectivity index is 1.14. The highest BCUT2D eigenvalue weighted by atomic mass is 16.7. The lowest BCUT2D eigenvalue weighted by Crippen LogP contribution is -2.43. The normalized spacial score (nSPS) is 21.4. The highest BCUT2D eigenvalue weighted by Crippen LogP contribution is 2.47. The molecule has 1 atom stereocenters. The minimum absolute atomic E-state index is 0.0120. The Kier molecular flexibility index (Phi) is 5.74. The van der Waals surface area contributed by atoms with Gasteiger partial charge in [0.25, 0.3) is 5.79 Å². The number of carbonyl (C=O) groups is 2. The maximum Gasteiger partial charge on any atom is 0.251 e. The lowest BCUT2D eigenvalue weighted by atomic mass is 9.97. The van der Waals surface area contributed by atoms with Crippen LogP contribution in [0, 0.1) is 5.92 Å². The molecule has 168 valence electrons. The maximum atomic E-state index is 12.7. The summed E-state index contributed by atoms with van der Waals surface area (Å²) in [4.78, 5) is 27.4. The van der Waals surface area contributed by atoms with Crippen LogP contribution in [0.5, 0.6) is 11.5 Å². The molecule has 2 aromatic rings. The lowest BCUT2D eigenvalue weighted by molar-refractivity contribution is -0.123. The average Bonchev–Trinajstić information content (AvgIpc) is 3.40. The number of likely N-dealkylation sites (tertiary alicyclic amines) is 1. The van der Waals surface area contributed by atoms with E-state index in [1.165, 1.54) is 0 Å². The maximum absolute atomic E-state index is 12.7. The fraction of sp³-hybridized carbons (Fsp3) is 0.440. The summed E-state index contributed by atoms with van der Waals surface area (Å²) in [6, 6.07) is 15.0. The van der Waals surface area contributed by atoms with E-state index in [0.29, 0.717) is 18.0 Å². The Bertz CT molecular complexity index is 988. The van der Waals surface area contributed by atoms with Gasteiger partial charge in [0, 0.05) is 36.8 Å². The van der Waals surface area contributed by atoms with Crippen molar-refractivity contribution in [1.82, 2.24) is 4.90 Å². The molecule has 1 saturated carbocycles. The molecular weight excluding hydrogens is 406 g/mol. The van der Waals surface area contributed by atoms with Gasteiger partial charge in [0.15, 0.2) is 11.5 Å². The second-order valence-corrected chi connectivity index (χ2v) is 8.96. The number of hydrogen-bond donors (Lipinski definition) is 2. The van der Waals surface area contributed by atoms with Crippen molar-refractivity contribution in [2.24, 2.45) is 5.92 Å². The van der Waals surface area contributed by atoms with Crippen molar-refractivity contribution in [3.8, 4) is 11.5 Å². The Labute approximate surface area is 188 Å². The van der Waals surface area contributed by atoms with Crippen LogP contribution in [0.4, 0.5) is 11.4 Å². The van der Waals surface area contributed by atoms with Crippen molar-refractivity contribution in [2.75, 3.05) is 30.3 Å². The molecule has 3 aliphatic rings. The summed E-state index contributed by atoms with van der Waals surface area (Å²) < 4.78 is 12.1. The number of amides is 2. The molecule has 0 bridgehead atoms. The summed E-state index contributed by atoms with van der Waals surface area (Å²) in [6.07, 6.45) is 5.75. The van der Waals surface area contributed by atoms with Gasteiger partial charge in [-0.3, -0.25) is 14.5 Å². The van der Waals surface area contributed by atoms with Gasteiger partial charge in [-0.15, -0.1) is 0 Å². The standard InChI is InChI=1S/C25H29N3O4/c29-23(26-20-10-11-21-22(15-20)32-25(31-21)12-4-5-13-25)17-28-14-6-7-18(16-28)24(30)27-19-8-2-1-3-9-19/h1-3,8-11,15,18H,4-7,12-14,16-17H2,(H,26,29)(H,27,30). The van der Waals surface area contributed by atoms with Crippen LogP contribution in [0.1, 0.15) is 38.5 Å². The first-order valence-corrected chi connectivity index (χ1v) is 11.5. The van der Waals surface area contributed by atoms with Gasteiger partial charge in [0.05, 0.1) is 12.5 Å². The molecule has 2 aliphatic heterocycles. The summed E-state index contributed by atoms with van der Waals surface area (Å²) in [5.41, 5.74) is 1.50. The predicted octanol–water partition coefficient (Wildman–Crippen LogP) is 4.02. The van der Waals surface area contributed by atoms with Gasteiger partial charge in [-0.2, -0.15) is 0 Å². The largest absolute Gasteiger partial charge is 0.448 e. The first-order chi connectivity index (χ1) is 15.6. The number of piperidine rings is 1. The highest BCUT2D eigenvalue weighted by molar-refractivity contribution is 5.94. The molecule has 1 saturated heterocycles. The number of ether oxygens (including phenoxy) is 2. The van der Waals surface area contributed by atoms with Crippen molar-refractivity contribution < 1.29 is 19.1 Å². The number of anilines is 2. The second kappa shape index (κ2) is 8.82. The minimum atomic E-state index is -0.506. The van der Waals surface area contributed by atoms with E-state index < -0.39 is 5.79 Å². The highest BCUT2D eigenvalue weighted by Gasteiger charge is 2.44. The minimum Gasteiger partial charge on any atom is -0.448 e.